The van der Waals surface area contributed by atoms with Crippen LogP contribution in [0.25, 0.3) is 0 Å². The molecule has 6 heteroatoms. The van der Waals surface area contributed by atoms with Crippen molar-refractivity contribution in [1.82, 2.24) is 9.88 Å². The second-order valence-corrected chi connectivity index (χ2v) is 3.64. The Morgan fingerprint density at radius 1 is 1.71 bits per heavy atom. The topological polar surface area (TPSA) is 62.7 Å². The van der Waals surface area contributed by atoms with Gasteiger partial charge in [0.15, 0.2) is 0 Å². The van der Waals surface area contributed by atoms with Crippen molar-refractivity contribution < 1.29 is 19.0 Å². The van der Waals surface area contributed by atoms with Crippen molar-refractivity contribution in [3.63, 3.8) is 0 Å². The van der Waals surface area contributed by atoms with Gasteiger partial charge in [-0.25, -0.2) is 4.98 Å². The van der Waals surface area contributed by atoms with Crippen LogP contribution in [-0.2, 0) is 4.74 Å². The molecular formula is C11H15FN2O3. The third-order valence-corrected chi connectivity index (χ3v) is 2.18. The van der Waals surface area contributed by atoms with E-state index in [0.29, 0.717) is 0 Å². The Kier molecular flexibility index (Phi) is 4.99. The largest absolute Gasteiger partial charge is 0.389 e. The van der Waals surface area contributed by atoms with Gasteiger partial charge in [0.05, 0.1) is 18.3 Å². The van der Waals surface area contributed by atoms with E-state index in [4.69, 9.17) is 4.74 Å². The second kappa shape index (κ2) is 6.27. The fraction of sp³-hybridized carbons (Fsp3) is 0.455. The molecule has 0 spiro atoms. The van der Waals surface area contributed by atoms with Gasteiger partial charge in [0, 0.05) is 26.9 Å². The van der Waals surface area contributed by atoms with Crippen molar-refractivity contribution in [3.05, 3.63) is 29.8 Å². The van der Waals surface area contributed by atoms with Gasteiger partial charge < -0.3 is 14.7 Å². The van der Waals surface area contributed by atoms with Crippen LogP contribution in [-0.4, -0.2) is 54.3 Å². The average Bonchev–Trinajstić information content (AvgIpc) is 2.29. The highest BCUT2D eigenvalue weighted by Crippen LogP contribution is 2.07. The molecule has 0 saturated heterocycles. The lowest BCUT2D eigenvalue weighted by Gasteiger charge is -2.20. The first-order valence-corrected chi connectivity index (χ1v) is 5.09. The summed E-state index contributed by atoms with van der Waals surface area (Å²) >= 11 is 0. The highest BCUT2D eigenvalue weighted by atomic mass is 19.1. The average molecular weight is 242 g/mol. The SMILES string of the molecule is COCC(O)CN(C)C(=O)c1cccnc1F. The van der Waals surface area contributed by atoms with Crippen molar-refractivity contribution in [3.8, 4) is 0 Å². The van der Waals surface area contributed by atoms with Gasteiger partial charge in [0.1, 0.15) is 0 Å². The Morgan fingerprint density at radius 3 is 3.00 bits per heavy atom. The Morgan fingerprint density at radius 2 is 2.41 bits per heavy atom. The van der Waals surface area contributed by atoms with E-state index in [2.05, 4.69) is 4.98 Å². The number of carbonyl (C=O) groups excluding carboxylic acids is 1. The summed E-state index contributed by atoms with van der Waals surface area (Å²) in [5, 5.41) is 9.46. The van der Waals surface area contributed by atoms with E-state index < -0.39 is 18.0 Å². The zero-order valence-corrected chi connectivity index (χ0v) is 9.76. The predicted octanol–water partition coefficient (Wildman–Crippen LogP) is 0.300. The lowest BCUT2D eigenvalue weighted by Crippen LogP contribution is -2.36. The summed E-state index contributed by atoms with van der Waals surface area (Å²) in [5.41, 5.74) is -0.111. The molecule has 1 unspecified atom stereocenters. The first kappa shape index (κ1) is 13.5. The smallest absolute Gasteiger partial charge is 0.258 e. The Labute approximate surface area is 98.8 Å². The molecule has 1 atom stereocenters. The van der Waals surface area contributed by atoms with Gasteiger partial charge in [-0.15, -0.1) is 0 Å². The molecule has 0 bridgehead atoms. The molecule has 1 heterocycles. The van der Waals surface area contributed by atoms with E-state index in [1.807, 2.05) is 0 Å². The number of hydrogen-bond acceptors (Lipinski definition) is 4. The number of halogens is 1. The van der Waals surface area contributed by atoms with Crippen molar-refractivity contribution in [2.24, 2.45) is 0 Å². The molecule has 0 fully saturated rings. The molecule has 1 amide bonds. The van der Waals surface area contributed by atoms with Gasteiger partial charge in [0.2, 0.25) is 5.95 Å². The summed E-state index contributed by atoms with van der Waals surface area (Å²) in [7, 11) is 2.93. The normalized spacial score (nSPS) is 12.2. The second-order valence-electron chi connectivity index (χ2n) is 3.64. The van der Waals surface area contributed by atoms with E-state index in [1.54, 1.807) is 0 Å². The van der Waals surface area contributed by atoms with Crippen LogP contribution < -0.4 is 0 Å². The maximum absolute atomic E-state index is 13.2. The number of likely N-dealkylation sites (N-methyl/N-ethyl adjacent to an activating group) is 1. The summed E-state index contributed by atoms with van der Waals surface area (Å²) in [6.07, 6.45) is 0.472. The van der Waals surface area contributed by atoms with Gasteiger partial charge in [-0.1, -0.05) is 0 Å². The molecule has 1 N–H and O–H groups in total. The summed E-state index contributed by atoms with van der Waals surface area (Å²) in [4.78, 5) is 16.4. The zero-order chi connectivity index (χ0) is 12.8. The van der Waals surface area contributed by atoms with Gasteiger partial charge in [0.25, 0.3) is 5.91 Å². The summed E-state index contributed by atoms with van der Waals surface area (Å²) in [6, 6.07) is 2.83. The molecule has 0 saturated carbocycles. The Hall–Kier alpha value is -1.53. The number of ether oxygens (including phenoxy) is 1. The maximum Gasteiger partial charge on any atom is 0.258 e. The first-order chi connectivity index (χ1) is 8.06. The van der Waals surface area contributed by atoms with Crippen molar-refractivity contribution in [1.29, 1.82) is 0 Å². The van der Waals surface area contributed by atoms with Gasteiger partial charge in [-0.3, -0.25) is 4.79 Å². The Balaban J connectivity index is 2.67. The molecule has 0 aliphatic carbocycles. The van der Waals surface area contributed by atoms with Crippen LogP contribution in [0.4, 0.5) is 4.39 Å². The molecule has 94 valence electrons. The fourth-order valence-corrected chi connectivity index (χ4v) is 1.40. The number of hydrogen-bond donors (Lipinski definition) is 1. The van der Waals surface area contributed by atoms with E-state index in [9.17, 15) is 14.3 Å². The number of aliphatic hydroxyl groups is 1. The van der Waals surface area contributed by atoms with Gasteiger partial charge >= 0.3 is 0 Å². The van der Waals surface area contributed by atoms with Crippen molar-refractivity contribution >= 4 is 5.91 Å². The van der Waals surface area contributed by atoms with Crippen molar-refractivity contribution in [2.45, 2.75) is 6.10 Å². The molecule has 0 aromatic carbocycles. The molecule has 1 rings (SSSR count). The zero-order valence-electron chi connectivity index (χ0n) is 9.76. The standard InChI is InChI=1S/C11H15FN2O3/c1-14(6-8(15)7-17-2)11(16)9-4-3-5-13-10(9)12/h3-5,8,15H,6-7H2,1-2H3. The van der Waals surface area contributed by atoms with E-state index >= 15 is 0 Å². The van der Waals surface area contributed by atoms with Crippen LogP contribution in [0.15, 0.2) is 18.3 Å². The molecular weight excluding hydrogens is 227 g/mol. The monoisotopic (exact) mass is 242 g/mol. The van der Waals surface area contributed by atoms with Gasteiger partial charge in [-0.2, -0.15) is 4.39 Å². The van der Waals surface area contributed by atoms with Crippen LogP contribution in [0.2, 0.25) is 0 Å². The molecule has 1 aromatic rings. The maximum atomic E-state index is 13.2. The number of carbonyl (C=O) groups is 1. The number of aliphatic hydroxyl groups excluding tert-OH is 1. The van der Waals surface area contributed by atoms with Crippen LogP contribution in [0.3, 0.4) is 0 Å². The molecule has 0 aliphatic heterocycles. The molecule has 0 radical (unpaired) electrons. The third kappa shape index (κ3) is 3.76. The highest BCUT2D eigenvalue weighted by Gasteiger charge is 2.18. The van der Waals surface area contributed by atoms with E-state index in [1.165, 1.54) is 37.4 Å². The number of nitrogens with zero attached hydrogens (tertiary/aromatic N) is 2. The lowest BCUT2D eigenvalue weighted by atomic mass is 10.2. The van der Waals surface area contributed by atoms with E-state index in [0.717, 1.165) is 0 Å². The molecule has 1 aromatic heterocycles. The minimum Gasteiger partial charge on any atom is -0.389 e. The summed E-state index contributed by atoms with van der Waals surface area (Å²) < 4.78 is 18.0. The number of pyridine rings is 1. The van der Waals surface area contributed by atoms with Crippen LogP contribution in [0.1, 0.15) is 10.4 Å². The number of amides is 1. The number of methoxy groups -OCH3 is 1. The lowest BCUT2D eigenvalue weighted by molar-refractivity contribution is 0.0378. The quantitative estimate of drug-likeness (QED) is 0.754. The van der Waals surface area contributed by atoms with Gasteiger partial charge in [-0.05, 0) is 12.1 Å². The van der Waals surface area contributed by atoms with E-state index in [-0.39, 0.29) is 18.7 Å². The number of aromatic nitrogens is 1. The summed E-state index contributed by atoms with van der Waals surface area (Å²) in [5.74, 6) is -1.34. The minimum atomic E-state index is -0.814. The summed E-state index contributed by atoms with van der Waals surface area (Å²) in [6.45, 7) is 0.189. The van der Waals surface area contributed by atoms with Crippen molar-refractivity contribution in [2.75, 3.05) is 27.3 Å². The predicted molar refractivity (Wildman–Crippen MR) is 59.0 cm³/mol. The van der Waals surface area contributed by atoms with Crippen LogP contribution in [0.5, 0.6) is 0 Å². The Bertz CT molecular complexity index is 387. The van der Waals surface area contributed by atoms with Crippen LogP contribution in [0, 0.1) is 5.95 Å². The number of rotatable bonds is 5. The molecule has 5 nitrogen and oxygen atoms in total. The highest BCUT2D eigenvalue weighted by molar-refractivity contribution is 5.93. The molecule has 0 aliphatic rings. The first-order valence-electron chi connectivity index (χ1n) is 5.09. The molecule has 17 heavy (non-hydrogen) atoms. The van der Waals surface area contributed by atoms with Crippen LogP contribution >= 0.6 is 0 Å². The minimum absolute atomic E-state index is 0.0704. The third-order valence-electron chi connectivity index (χ3n) is 2.18. The fourth-order valence-electron chi connectivity index (χ4n) is 1.40.